The number of dihydropyridines is 1. The summed E-state index contributed by atoms with van der Waals surface area (Å²) in [6.45, 7) is 5.31. The van der Waals surface area contributed by atoms with Crippen LogP contribution in [0.15, 0.2) is 62.1 Å². The minimum absolute atomic E-state index is 0.119. The Bertz CT molecular complexity index is 1190. The maximum absolute atomic E-state index is 13.4. The van der Waals surface area contributed by atoms with Crippen LogP contribution in [-0.4, -0.2) is 45.3 Å². The predicted octanol–water partition coefficient (Wildman–Crippen LogP) is 3.39. The molecule has 0 saturated carbocycles. The summed E-state index contributed by atoms with van der Waals surface area (Å²) < 4.78 is 33.6. The number of rotatable bonds is 3. The lowest BCUT2D eigenvalue weighted by molar-refractivity contribution is -0.119. The molecule has 1 N–H and O–H groups in total. The highest BCUT2D eigenvalue weighted by atomic mass is 32.2. The molecule has 0 atom stereocenters. The smallest absolute Gasteiger partial charge is 0.246 e. The highest BCUT2D eigenvalue weighted by Gasteiger charge is 2.53. The number of nitrogens with one attached hydrogen (secondary N) is 1. The predicted molar refractivity (Wildman–Crippen MR) is 118 cm³/mol. The van der Waals surface area contributed by atoms with Gasteiger partial charge in [0.1, 0.15) is 10.6 Å². The molecule has 32 heavy (non-hydrogen) atoms. The average molecular weight is 457 g/mol. The number of sulfonamides is 1. The molecule has 9 heteroatoms. The van der Waals surface area contributed by atoms with Crippen molar-refractivity contribution in [1.82, 2.24) is 9.62 Å². The van der Waals surface area contributed by atoms with E-state index in [9.17, 15) is 13.2 Å². The first-order valence-electron chi connectivity index (χ1n) is 11.0. The van der Waals surface area contributed by atoms with Gasteiger partial charge >= 0.3 is 0 Å². The second kappa shape index (κ2) is 7.25. The third kappa shape index (κ3) is 3.13. The zero-order valence-corrected chi connectivity index (χ0v) is 19.5. The molecule has 1 fully saturated rings. The second-order valence-electron chi connectivity index (χ2n) is 9.78. The van der Waals surface area contributed by atoms with Gasteiger partial charge in [0.05, 0.1) is 13.7 Å². The summed E-state index contributed by atoms with van der Waals surface area (Å²) in [5, 5.41) is 11.9. The van der Waals surface area contributed by atoms with E-state index in [1.165, 1.54) is 11.4 Å². The number of benzene rings is 1. The number of hydrogen-bond acceptors (Lipinski definition) is 7. The molecule has 1 aromatic carbocycles. The average Bonchev–Trinajstić information content (AvgIpc) is 3.22. The van der Waals surface area contributed by atoms with Gasteiger partial charge in [0.15, 0.2) is 11.6 Å². The Hall–Kier alpha value is -2.52. The molecule has 0 radical (unpaired) electrons. The van der Waals surface area contributed by atoms with Crippen molar-refractivity contribution in [2.24, 2.45) is 21.1 Å². The molecule has 5 rings (SSSR count). The second-order valence-corrected chi connectivity index (χ2v) is 11.7. The van der Waals surface area contributed by atoms with Crippen molar-refractivity contribution in [3.63, 3.8) is 0 Å². The Morgan fingerprint density at radius 2 is 1.84 bits per heavy atom. The maximum atomic E-state index is 13.4. The summed E-state index contributed by atoms with van der Waals surface area (Å²) in [7, 11) is -2.24. The van der Waals surface area contributed by atoms with Crippen molar-refractivity contribution >= 4 is 15.8 Å². The van der Waals surface area contributed by atoms with Crippen LogP contribution >= 0.6 is 0 Å². The SMILES string of the molecule is COc1ccccc1S(=O)(=O)N1CCC2(CC1)C1=C(N=NC1)NC1=C2C(=O)CC(C)(C)C1. The molecule has 1 saturated heterocycles. The first kappa shape index (κ1) is 21.3. The van der Waals surface area contributed by atoms with E-state index < -0.39 is 15.4 Å². The quantitative estimate of drug-likeness (QED) is 0.751. The van der Waals surface area contributed by atoms with Gasteiger partial charge in [-0.05, 0) is 36.8 Å². The van der Waals surface area contributed by atoms with E-state index in [0.29, 0.717) is 44.6 Å². The number of ketones is 1. The van der Waals surface area contributed by atoms with Crippen LogP contribution in [0, 0.1) is 10.8 Å². The fourth-order valence-corrected chi connectivity index (χ4v) is 7.30. The first-order valence-corrected chi connectivity index (χ1v) is 12.4. The Kier molecular flexibility index (Phi) is 4.83. The summed E-state index contributed by atoms with van der Waals surface area (Å²) in [6, 6.07) is 6.68. The number of methoxy groups -OCH3 is 1. The Morgan fingerprint density at radius 1 is 1.12 bits per heavy atom. The first-order chi connectivity index (χ1) is 15.2. The number of fused-ring (bicyclic) bond motifs is 2. The summed E-state index contributed by atoms with van der Waals surface area (Å²) in [4.78, 5) is 13.5. The van der Waals surface area contributed by atoms with Crippen molar-refractivity contribution in [3.8, 4) is 5.75 Å². The maximum Gasteiger partial charge on any atom is 0.246 e. The Labute approximate surface area is 188 Å². The molecule has 3 aliphatic heterocycles. The van der Waals surface area contributed by atoms with Gasteiger partial charge in [-0.15, -0.1) is 5.11 Å². The summed E-state index contributed by atoms with van der Waals surface area (Å²) >= 11 is 0. The number of carbonyl (C=O) groups is 1. The lowest BCUT2D eigenvalue weighted by Crippen LogP contribution is -2.50. The van der Waals surface area contributed by atoms with Gasteiger partial charge in [-0.3, -0.25) is 4.79 Å². The van der Waals surface area contributed by atoms with E-state index in [0.717, 1.165) is 29.1 Å². The van der Waals surface area contributed by atoms with E-state index in [4.69, 9.17) is 4.74 Å². The number of ether oxygens (including phenoxy) is 1. The van der Waals surface area contributed by atoms with Crippen LogP contribution in [-0.2, 0) is 14.8 Å². The normalized spacial score (nSPS) is 24.4. The number of nitrogens with zero attached hydrogens (tertiary/aromatic N) is 3. The number of carbonyl (C=O) groups excluding carboxylic acids is 1. The lowest BCUT2D eigenvalue weighted by atomic mass is 9.60. The van der Waals surface area contributed by atoms with Crippen molar-refractivity contribution < 1.29 is 17.9 Å². The zero-order chi connectivity index (χ0) is 22.7. The topological polar surface area (TPSA) is 100 Å². The lowest BCUT2D eigenvalue weighted by Gasteiger charge is -2.48. The van der Waals surface area contributed by atoms with Crippen LogP contribution in [0.1, 0.15) is 39.5 Å². The van der Waals surface area contributed by atoms with E-state index in [-0.39, 0.29) is 16.1 Å². The fraction of sp³-hybridized carbons (Fsp3) is 0.522. The van der Waals surface area contributed by atoms with Gasteiger partial charge in [-0.1, -0.05) is 26.0 Å². The number of Topliss-reactive ketones (excluding diaryl/α,β-unsaturated/α-hetero) is 1. The number of allylic oxidation sites excluding steroid dienone is 2. The summed E-state index contributed by atoms with van der Waals surface area (Å²) in [5.41, 5.74) is 2.17. The highest BCUT2D eigenvalue weighted by Crippen LogP contribution is 2.55. The standard InChI is InChI=1S/C23H28N4O4S/c1-22(2)12-16-20(17(28)13-22)23(15-14-24-26-21(15)25-16)8-10-27(11-9-23)32(29,30)19-7-5-4-6-18(19)31-3/h4-7,25H,8-14H2,1-3H3. The van der Waals surface area contributed by atoms with E-state index in [2.05, 4.69) is 29.4 Å². The number of azo groups is 1. The van der Waals surface area contributed by atoms with Gasteiger partial charge in [0, 0.05) is 41.8 Å². The molecular formula is C23H28N4O4S. The van der Waals surface area contributed by atoms with Crippen LogP contribution in [0.25, 0.3) is 0 Å². The van der Waals surface area contributed by atoms with Crippen molar-refractivity contribution in [2.45, 2.75) is 44.4 Å². The minimum Gasteiger partial charge on any atom is -0.495 e. The van der Waals surface area contributed by atoms with Crippen LogP contribution < -0.4 is 10.1 Å². The molecule has 1 spiro atoms. The van der Waals surface area contributed by atoms with Crippen molar-refractivity contribution in [1.29, 1.82) is 0 Å². The van der Waals surface area contributed by atoms with E-state index in [1.807, 2.05) is 0 Å². The van der Waals surface area contributed by atoms with Gasteiger partial charge in [-0.2, -0.15) is 9.42 Å². The molecule has 0 amide bonds. The van der Waals surface area contributed by atoms with Crippen LogP contribution in [0.3, 0.4) is 0 Å². The van der Waals surface area contributed by atoms with Gasteiger partial charge in [0.2, 0.25) is 10.0 Å². The number of para-hydroxylation sites is 1. The summed E-state index contributed by atoms with van der Waals surface area (Å²) in [6.07, 6.45) is 2.34. The van der Waals surface area contributed by atoms with Gasteiger partial charge in [0.25, 0.3) is 0 Å². The van der Waals surface area contributed by atoms with Crippen LogP contribution in [0.2, 0.25) is 0 Å². The highest BCUT2D eigenvalue weighted by molar-refractivity contribution is 7.89. The van der Waals surface area contributed by atoms with Crippen molar-refractivity contribution in [3.05, 3.63) is 46.9 Å². The monoisotopic (exact) mass is 456 g/mol. The molecule has 0 aromatic heterocycles. The van der Waals surface area contributed by atoms with Gasteiger partial charge in [-0.25, -0.2) is 8.42 Å². The summed E-state index contributed by atoms with van der Waals surface area (Å²) in [5.74, 6) is 1.24. The molecule has 3 heterocycles. The number of piperidine rings is 1. The Balaban J connectivity index is 1.50. The van der Waals surface area contributed by atoms with Crippen molar-refractivity contribution in [2.75, 3.05) is 26.7 Å². The molecule has 8 nitrogen and oxygen atoms in total. The molecule has 4 aliphatic rings. The van der Waals surface area contributed by atoms with Crippen LogP contribution in [0.4, 0.5) is 0 Å². The molecule has 1 aromatic rings. The molecule has 0 bridgehead atoms. The molecule has 0 unspecified atom stereocenters. The molecular weight excluding hydrogens is 428 g/mol. The van der Waals surface area contributed by atoms with E-state index in [1.54, 1.807) is 24.3 Å². The van der Waals surface area contributed by atoms with Crippen LogP contribution in [0.5, 0.6) is 5.75 Å². The molecule has 170 valence electrons. The Morgan fingerprint density at radius 3 is 2.56 bits per heavy atom. The third-order valence-electron chi connectivity index (χ3n) is 7.15. The fourth-order valence-electron chi connectivity index (χ4n) is 5.70. The zero-order valence-electron chi connectivity index (χ0n) is 18.6. The third-order valence-corrected chi connectivity index (χ3v) is 9.09. The number of hydrogen-bond donors (Lipinski definition) is 1. The molecule has 1 aliphatic carbocycles. The minimum atomic E-state index is -3.71. The van der Waals surface area contributed by atoms with E-state index >= 15 is 0 Å². The van der Waals surface area contributed by atoms with Gasteiger partial charge < -0.3 is 10.1 Å². The largest absolute Gasteiger partial charge is 0.495 e.